The van der Waals surface area contributed by atoms with Gasteiger partial charge in [-0.2, -0.15) is 4.98 Å². The fourth-order valence-corrected chi connectivity index (χ4v) is 4.73. The molecule has 1 aromatic carbocycles. The summed E-state index contributed by atoms with van der Waals surface area (Å²) in [5, 5.41) is 2.88. The molecule has 0 spiro atoms. The molecule has 3 N–H and O–H groups in total. The first kappa shape index (κ1) is 30.3. The molecule has 3 heterocycles. The first-order valence-electron chi connectivity index (χ1n) is 12.4. The van der Waals surface area contributed by atoms with Crippen molar-refractivity contribution in [2.75, 3.05) is 5.32 Å². The molecular weight excluding hydrogens is 585 g/mol. The maximum absolute atomic E-state index is 12.8. The van der Waals surface area contributed by atoms with Crippen molar-refractivity contribution in [3.8, 4) is 5.75 Å². The van der Waals surface area contributed by atoms with Gasteiger partial charge in [-0.15, -0.1) is 0 Å². The summed E-state index contributed by atoms with van der Waals surface area (Å²) in [5.74, 6) is -1.92. The average molecular weight is 612 g/mol. The molecular formula is C24H27ClN5O10P. The van der Waals surface area contributed by atoms with E-state index in [1.807, 2.05) is 0 Å². The van der Waals surface area contributed by atoms with Crippen LogP contribution in [0, 0.1) is 5.92 Å². The summed E-state index contributed by atoms with van der Waals surface area (Å²) in [4.78, 5) is 69.6. The molecule has 15 nitrogen and oxygen atoms in total. The Morgan fingerprint density at radius 2 is 1.98 bits per heavy atom. The van der Waals surface area contributed by atoms with Crippen molar-refractivity contribution in [2.45, 2.75) is 58.7 Å². The van der Waals surface area contributed by atoms with Gasteiger partial charge in [-0.05, 0) is 31.2 Å². The van der Waals surface area contributed by atoms with E-state index < -0.39 is 38.0 Å². The van der Waals surface area contributed by atoms with Crippen LogP contribution >= 0.6 is 19.4 Å². The van der Waals surface area contributed by atoms with E-state index in [9.17, 15) is 28.6 Å². The number of nitrogens with one attached hydrogen (secondary N) is 2. The maximum atomic E-state index is 12.8. The number of benzene rings is 1. The van der Waals surface area contributed by atoms with Crippen LogP contribution in [-0.4, -0.2) is 54.5 Å². The number of nitrogens with zero attached hydrogens (tertiary/aromatic N) is 3. The van der Waals surface area contributed by atoms with E-state index >= 15 is 0 Å². The van der Waals surface area contributed by atoms with E-state index in [0.717, 1.165) is 0 Å². The van der Waals surface area contributed by atoms with Crippen LogP contribution in [-0.2, 0) is 32.9 Å². The molecule has 4 rings (SSSR count). The minimum absolute atomic E-state index is 0.0182. The van der Waals surface area contributed by atoms with E-state index in [-0.39, 0.29) is 59.7 Å². The molecule has 1 saturated heterocycles. The number of carbonyl (C=O) groups excluding carboxylic acids is 3. The number of esters is 1. The number of fused-ring (bicyclic) bond motifs is 1. The number of anilines is 1. The topological polar surface area (TPSA) is 201 Å². The van der Waals surface area contributed by atoms with E-state index in [2.05, 4.69) is 20.3 Å². The van der Waals surface area contributed by atoms with Gasteiger partial charge < -0.3 is 18.8 Å². The van der Waals surface area contributed by atoms with Gasteiger partial charge in [0.1, 0.15) is 17.8 Å². The minimum Gasteiger partial charge on any atom is -0.457 e. The van der Waals surface area contributed by atoms with Gasteiger partial charge in [0.05, 0.1) is 12.7 Å². The normalized spacial score (nSPS) is 20.1. The Balaban J connectivity index is 1.60. The summed E-state index contributed by atoms with van der Waals surface area (Å²) in [5.41, 5.74) is -0.693. The third-order valence-electron chi connectivity index (χ3n) is 5.77. The Morgan fingerprint density at radius 3 is 2.63 bits per heavy atom. The average Bonchev–Trinajstić information content (AvgIpc) is 3.47. The van der Waals surface area contributed by atoms with Gasteiger partial charge in [-0.1, -0.05) is 25.4 Å². The monoisotopic (exact) mass is 611 g/mol. The Labute approximate surface area is 237 Å². The Kier molecular flexibility index (Phi) is 9.24. The number of amides is 1. The van der Waals surface area contributed by atoms with Gasteiger partial charge in [-0.25, -0.2) is 14.1 Å². The third-order valence-corrected chi connectivity index (χ3v) is 6.94. The van der Waals surface area contributed by atoms with Crippen molar-refractivity contribution in [3.63, 3.8) is 0 Å². The lowest BCUT2D eigenvalue weighted by Crippen LogP contribution is -2.29. The van der Waals surface area contributed by atoms with Crippen LogP contribution in [0.25, 0.3) is 11.2 Å². The zero-order valence-corrected chi connectivity index (χ0v) is 23.8. The number of phosphoric acid groups is 1. The molecule has 1 aliphatic rings. The number of aromatic amines is 1. The fourth-order valence-electron chi connectivity index (χ4n) is 3.73. The van der Waals surface area contributed by atoms with Gasteiger partial charge in [0, 0.05) is 23.8 Å². The molecule has 17 heteroatoms. The van der Waals surface area contributed by atoms with Gasteiger partial charge in [0.2, 0.25) is 18.1 Å². The zero-order chi connectivity index (χ0) is 29.9. The molecule has 0 aliphatic carbocycles. The number of H-pyrrole nitrogens is 1. The number of ether oxygens (including phenoxy) is 2. The highest BCUT2D eigenvalue weighted by Crippen LogP contribution is 2.48. The smallest absolute Gasteiger partial charge is 0.457 e. The molecule has 0 saturated carbocycles. The summed E-state index contributed by atoms with van der Waals surface area (Å²) in [6, 6.07) is 5.58. The molecule has 2 aromatic heterocycles. The lowest BCUT2D eigenvalue weighted by molar-refractivity contribution is -0.169. The lowest BCUT2D eigenvalue weighted by atomic mass is 10.2. The highest BCUT2D eigenvalue weighted by Gasteiger charge is 2.45. The Morgan fingerprint density at radius 1 is 1.27 bits per heavy atom. The number of hydrogen-bond acceptors (Lipinski definition) is 11. The molecule has 0 bridgehead atoms. The number of imidazole rings is 1. The number of hydrogen-bond donors (Lipinski definition) is 3. The molecule has 4 atom stereocenters. The summed E-state index contributed by atoms with van der Waals surface area (Å²) < 4.78 is 35.7. The number of aromatic nitrogens is 4. The predicted octanol–water partition coefficient (Wildman–Crippen LogP) is 3.09. The van der Waals surface area contributed by atoms with Crippen molar-refractivity contribution >= 4 is 54.2 Å². The molecule has 0 radical (unpaired) electrons. The number of halogens is 1. The standard InChI is InChI=1S/C24H27ClN5O10P/c1-12(2)21(33)28-24-27-20-19(22(34)29-24)26-11-30(20)17-10-16(37-18(32)9-4-13(3)31)23(38-17)40-41(35,36)39-15-7-5-14(25)6-8-15/h5-8,11-12,16-17,23H,4,9-10H2,1-3H3,(H,35,36)(H2,27,28,29,33,34)/t16-,17-,23-/m1/s1. The summed E-state index contributed by atoms with van der Waals surface area (Å²) in [6.07, 6.45) is -3.06. The van der Waals surface area contributed by atoms with Gasteiger partial charge in [0.15, 0.2) is 17.3 Å². The number of rotatable bonds is 11. The second-order valence-electron chi connectivity index (χ2n) is 9.43. The first-order chi connectivity index (χ1) is 19.3. The SMILES string of the molecule is CC(=O)CCC(=O)O[C@@H]1C[C@H](n2cnc3c(=O)[nH]c(NC(=O)C(C)C)nc32)O[C@@H]1OP(=O)(O)Oc1ccc(Cl)cc1. The van der Waals surface area contributed by atoms with E-state index in [1.165, 1.54) is 42.1 Å². The maximum Gasteiger partial charge on any atom is 0.529 e. The first-order valence-corrected chi connectivity index (χ1v) is 14.3. The Bertz CT molecular complexity index is 1560. The van der Waals surface area contributed by atoms with Gasteiger partial charge in [0.25, 0.3) is 5.56 Å². The highest BCUT2D eigenvalue weighted by atomic mass is 35.5. The molecule has 1 aliphatic heterocycles. The molecule has 1 fully saturated rings. The second kappa shape index (κ2) is 12.5. The predicted molar refractivity (Wildman–Crippen MR) is 143 cm³/mol. The number of Topliss-reactive ketones (excluding diaryl/α,β-unsaturated/α-hetero) is 1. The molecule has 3 aromatic rings. The van der Waals surface area contributed by atoms with E-state index in [4.69, 9.17) is 30.1 Å². The van der Waals surface area contributed by atoms with Crippen molar-refractivity contribution in [2.24, 2.45) is 5.92 Å². The van der Waals surface area contributed by atoms with Crippen LogP contribution in [0.3, 0.4) is 0 Å². The number of phosphoric ester groups is 1. The number of carbonyl (C=O) groups is 3. The van der Waals surface area contributed by atoms with Crippen LogP contribution in [0.5, 0.6) is 5.75 Å². The van der Waals surface area contributed by atoms with Crippen LogP contribution < -0.4 is 15.4 Å². The summed E-state index contributed by atoms with van der Waals surface area (Å²) in [6.45, 7) is 4.65. The zero-order valence-electron chi connectivity index (χ0n) is 22.1. The number of ketones is 1. The molecule has 220 valence electrons. The quantitative estimate of drug-likeness (QED) is 0.212. The van der Waals surface area contributed by atoms with E-state index in [0.29, 0.717) is 5.02 Å². The largest absolute Gasteiger partial charge is 0.529 e. The summed E-state index contributed by atoms with van der Waals surface area (Å²) >= 11 is 5.83. The lowest BCUT2D eigenvalue weighted by Gasteiger charge is -2.21. The fraction of sp³-hybridized carbons (Fsp3) is 0.417. The van der Waals surface area contributed by atoms with Crippen LogP contribution in [0.1, 0.15) is 46.3 Å². The van der Waals surface area contributed by atoms with Crippen molar-refractivity contribution in [3.05, 3.63) is 46.0 Å². The second-order valence-corrected chi connectivity index (χ2v) is 11.2. The van der Waals surface area contributed by atoms with Crippen LogP contribution in [0.2, 0.25) is 5.02 Å². The van der Waals surface area contributed by atoms with Crippen LogP contribution in [0.15, 0.2) is 35.4 Å². The van der Waals surface area contributed by atoms with Crippen LogP contribution in [0.4, 0.5) is 5.95 Å². The van der Waals surface area contributed by atoms with Crippen molar-refractivity contribution in [1.29, 1.82) is 0 Å². The van der Waals surface area contributed by atoms with Crippen molar-refractivity contribution in [1.82, 2.24) is 19.5 Å². The van der Waals surface area contributed by atoms with Gasteiger partial charge >= 0.3 is 13.8 Å². The molecule has 1 unspecified atom stereocenters. The van der Waals surface area contributed by atoms with Gasteiger partial charge in [-0.3, -0.25) is 34.1 Å². The van der Waals surface area contributed by atoms with E-state index in [1.54, 1.807) is 13.8 Å². The third kappa shape index (κ3) is 7.77. The molecule has 1 amide bonds. The minimum atomic E-state index is -4.84. The Hall–Kier alpha value is -3.62. The molecule has 41 heavy (non-hydrogen) atoms. The van der Waals surface area contributed by atoms with Crippen molar-refractivity contribution < 1.29 is 42.4 Å². The summed E-state index contributed by atoms with van der Waals surface area (Å²) in [7, 11) is -4.84. The highest BCUT2D eigenvalue weighted by molar-refractivity contribution is 7.47.